The third-order valence-electron chi connectivity index (χ3n) is 5.35. The predicted molar refractivity (Wildman–Crippen MR) is 107 cm³/mol. The molecule has 8 nitrogen and oxygen atoms in total. The molecular weight excluding hydrogens is 386 g/mol. The number of methoxy groups -OCH3 is 1. The summed E-state index contributed by atoms with van der Waals surface area (Å²) in [6.07, 6.45) is -1.41. The zero-order valence-electron chi connectivity index (χ0n) is 16.6. The predicted octanol–water partition coefficient (Wildman–Crippen LogP) is 1.41. The van der Waals surface area contributed by atoms with Crippen LogP contribution in [0.5, 0.6) is 5.75 Å². The van der Waals surface area contributed by atoms with Gasteiger partial charge in [0.25, 0.3) is 0 Å². The number of anilines is 1. The van der Waals surface area contributed by atoms with Gasteiger partial charge in [-0.1, -0.05) is 12.1 Å². The van der Waals surface area contributed by atoms with Crippen molar-refractivity contribution in [1.82, 2.24) is 0 Å². The van der Waals surface area contributed by atoms with Crippen LogP contribution in [-0.2, 0) is 20.8 Å². The number of benzene rings is 2. The lowest BCUT2D eigenvalue weighted by molar-refractivity contribution is -0.707. The average Bonchev–Trinajstić information content (AvgIpc) is 3.36. The van der Waals surface area contributed by atoms with E-state index in [-0.39, 0.29) is 18.2 Å². The molecule has 0 aromatic heterocycles. The van der Waals surface area contributed by atoms with E-state index in [0.29, 0.717) is 30.2 Å². The highest BCUT2D eigenvalue weighted by molar-refractivity contribution is 5.84. The number of carbonyl (C=O) groups is 1. The van der Waals surface area contributed by atoms with E-state index in [9.17, 15) is 4.79 Å². The first-order chi connectivity index (χ1) is 14.7. The molecule has 156 valence electrons. The minimum absolute atomic E-state index is 0.110. The molecule has 0 unspecified atom stereocenters. The third-order valence-corrected chi connectivity index (χ3v) is 5.35. The number of hydrogen-bond donors (Lipinski definition) is 2. The van der Waals surface area contributed by atoms with Crippen LogP contribution in [0.4, 0.5) is 10.5 Å². The summed E-state index contributed by atoms with van der Waals surface area (Å²) >= 11 is 0. The van der Waals surface area contributed by atoms with Crippen molar-refractivity contribution in [1.29, 1.82) is 5.26 Å². The molecule has 4 rings (SSSR count). The van der Waals surface area contributed by atoms with Gasteiger partial charge in [0.15, 0.2) is 6.10 Å². The zero-order valence-corrected chi connectivity index (χ0v) is 16.6. The van der Waals surface area contributed by atoms with Crippen LogP contribution in [0.25, 0.3) is 0 Å². The molecule has 2 aliphatic rings. The summed E-state index contributed by atoms with van der Waals surface area (Å²) in [6, 6.07) is 16.8. The number of nitriles is 1. The summed E-state index contributed by atoms with van der Waals surface area (Å²) in [5, 5.41) is 13.9. The molecule has 0 aliphatic carbocycles. The van der Waals surface area contributed by atoms with Crippen LogP contribution < -0.4 is 15.4 Å². The number of ether oxygens (including phenoxy) is 4. The van der Waals surface area contributed by atoms with Gasteiger partial charge < -0.3 is 24.3 Å². The molecule has 0 saturated carbocycles. The van der Waals surface area contributed by atoms with Gasteiger partial charge in [0.2, 0.25) is 0 Å². The fourth-order valence-corrected chi connectivity index (χ4v) is 3.81. The van der Waals surface area contributed by atoms with Crippen molar-refractivity contribution in [2.45, 2.75) is 30.9 Å². The first-order valence-corrected chi connectivity index (χ1v) is 9.83. The van der Waals surface area contributed by atoms with Gasteiger partial charge in [-0.2, -0.15) is 5.26 Å². The summed E-state index contributed by atoms with van der Waals surface area (Å²) in [5.41, 5.74) is 2.34. The number of carbonyl (C=O) groups excluding carboxylic acids is 1. The number of nitrogens with zero attached hydrogens (tertiary/aromatic N) is 1. The SMILES string of the molecule is COc1ccc(NC(=O)O[C@@H]2CO[C@H]3[C@@H]2OC[C@@H]3[NH2+]Cc2cccc(C#N)c2)cc1. The van der Waals surface area contributed by atoms with Crippen LogP contribution in [0.1, 0.15) is 11.1 Å². The summed E-state index contributed by atoms with van der Waals surface area (Å²) in [4.78, 5) is 12.3. The molecule has 1 amide bonds. The minimum atomic E-state index is -0.543. The second-order valence-electron chi connectivity index (χ2n) is 7.31. The van der Waals surface area contributed by atoms with Gasteiger partial charge in [-0.3, -0.25) is 5.32 Å². The number of quaternary nitrogens is 1. The molecule has 2 aliphatic heterocycles. The van der Waals surface area contributed by atoms with Crippen molar-refractivity contribution in [3.63, 3.8) is 0 Å². The molecule has 2 heterocycles. The summed E-state index contributed by atoms with van der Waals surface area (Å²) < 4.78 is 22.4. The lowest BCUT2D eigenvalue weighted by atomic mass is 10.1. The Labute approximate surface area is 174 Å². The number of nitrogens with one attached hydrogen (secondary N) is 1. The maximum absolute atomic E-state index is 12.3. The van der Waals surface area contributed by atoms with E-state index in [1.807, 2.05) is 18.2 Å². The Hall–Kier alpha value is -3.12. The highest BCUT2D eigenvalue weighted by atomic mass is 16.6. The minimum Gasteiger partial charge on any atom is -0.497 e. The van der Waals surface area contributed by atoms with Crippen LogP contribution in [0.15, 0.2) is 48.5 Å². The van der Waals surface area contributed by atoms with Gasteiger partial charge in [-0.25, -0.2) is 4.79 Å². The quantitative estimate of drug-likeness (QED) is 0.746. The molecule has 8 heteroatoms. The maximum Gasteiger partial charge on any atom is 0.412 e. The molecule has 2 aromatic carbocycles. The first kappa shape index (κ1) is 20.2. The fourth-order valence-electron chi connectivity index (χ4n) is 3.81. The van der Waals surface area contributed by atoms with Crippen LogP contribution in [-0.4, -0.2) is 50.8 Å². The molecule has 3 N–H and O–H groups in total. The van der Waals surface area contributed by atoms with E-state index < -0.39 is 12.2 Å². The largest absolute Gasteiger partial charge is 0.497 e. The van der Waals surface area contributed by atoms with Gasteiger partial charge in [-0.15, -0.1) is 0 Å². The van der Waals surface area contributed by atoms with Gasteiger partial charge >= 0.3 is 6.09 Å². The molecule has 4 atom stereocenters. The smallest absolute Gasteiger partial charge is 0.412 e. The Bertz CT molecular complexity index is 927. The van der Waals surface area contributed by atoms with Crippen molar-refractivity contribution in [3.8, 4) is 11.8 Å². The molecule has 0 spiro atoms. The highest BCUT2D eigenvalue weighted by Gasteiger charge is 2.51. The monoisotopic (exact) mass is 410 g/mol. The van der Waals surface area contributed by atoms with Crippen LogP contribution in [0, 0.1) is 11.3 Å². The first-order valence-electron chi connectivity index (χ1n) is 9.83. The standard InChI is InChI=1S/C22H23N3O5/c1-27-17-7-5-16(6-8-17)25-22(26)30-19-13-29-20-18(12-28-21(19)20)24-11-15-4-2-3-14(9-15)10-23/h2-9,18-21,24H,11-13H2,1H3,(H,25,26)/p+1/t18-,19+,20+,21+/m0/s1. The Morgan fingerprint density at radius 3 is 2.77 bits per heavy atom. The van der Waals surface area contributed by atoms with E-state index in [1.165, 1.54) is 0 Å². The Balaban J connectivity index is 1.28. The lowest BCUT2D eigenvalue weighted by Gasteiger charge is -2.17. The van der Waals surface area contributed by atoms with Gasteiger partial charge in [0, 0.05) is 11.3 Å². The molecule has 2 aromatic rings. The van der Waals surface area contributed by atoms with E-state index in [4.69, 9.17) is 24.2 Å². The number of nitrogens with two attached hydrogens (primary N) is 1. The number of hydrogen-bond acceptors (Lipinski definition) is 6. The van der Waals surface area contributed by atoms with Gasteiger partial charge in [0.05, 0.1) is 25.3 Å². The van der Waals surface area contributed by atoms with Crippen molar-refractivity contribution in [2.24, 2.45) is 0 Å². The summed E-state index contributed by atoms with van der Waals surface area (Å²) in [6.45, 7) is 1.55. The second-order valence-corrected chi connectivity index (χ2v) is 7.31. The second kappa shape index (κ2) is 9.13. The highest BCUT2D eigenvalue weighted by Crippen LogP contribution is 2.28. The van der Waals surface area contributed by atoms with Crippen LogP contribution in [0.3, 0.4) is 0 Å². The van der Waals surface area contributed by atoms with E-state index in [0.717, 1.165) is 12.1 Å². The molecule has 2 saturated heterocycles. The molecular formula is C22H24N3O5+. The molecule has 0 bridgehead atoms. The summed E-state index contributed by atoms with van der Waals surface area (Å²) in [5.74, 6) is 0.710. The zero-order chi connectivity index (χ0) is 20.9. The Morgan fingerprint density at radius 1 is 1.20 bits per heavy atom. The topological polar surface area (TPSA) is 106 Å². The maximum atomic E-state index is 12.3. The van der Waals surface area contributed by atoms with Gasteiger partial charge in [0.1, 0.15) is 37.2 Å². The Morgan fingerprint density at radius 2 is 2.00 bits per heavy atom. The molecule has 30 heavy (non-hydrogen) atoms. The van der Waals surface area contributed by atoms with E-state index in [2.05, 4.69) is 16.7 Å². The number of amides is 1. The molecule has 0 radical (unpaired) electrons. The van der Waals surface area contributed by atoms with E-state index >= 15 is 0 Å². The van der Waals surface area contributed by atoms with Crippen molar-refractivity contribution in [2.75, 3.05) is 25.6 Å². The molecule has 2 fully saturated rings. The normalized spacial score (nSPS) is 24.7. The van der Waals surface area contributed by atoms with Crippen molar-refractivity contribution < 1.29 is 29.1 Å². The third kappa shape index (κ3) is 4.54. The fraction of sp³-hybridized carbons (Fsp3) is 0.364. The Kier molecular flexibility index (Phi) is 6.14. The lowest BCUT2D eigenvalue weighted by Crippen LogP contribution is -2.91. The van der Waals surface area contributed by atoms with Crippen molar-refractivity contribution >= 4 is 11.8 Å². The van der Waals surface area contributed by atoms with Crippen LogP contribution in [0.2, 0.25) is 0 Å². The average molecular weight is 410 g/mol. The number of fused-ring (bicyclic) bond motifs is 1. The van der Waals surface area contributed by atoms with E-state index in [1.54, 1.807) is 37.4 Å². The number of rotatable bonds is 6. The van der Waals surface area contributed by atoms with Crippen molar-refractivity contribution in [3.05, 3.63) is 59.7 Å². The van der Waals surface area contributed by atoms with Gasteiger partial charge in [-0.05, 0) is 36.4 Å². The summed E-state index contributed by atoms with van der Waals surface area (Å²) in [7, 11) is 1.59. The van der Waals surface area contributed by atoms with Crippen LogP contribution >= 0.6 is 0 Å².